The van der Waals surface area contributed by atoms with Gasteiger partial charge < -0.3 is 10.9 Å². The second-order valence-corrected chi connectivity index (χ2v) is 5.32. The third-order valence-electron chi connectivity index (χ3n) is 2.93. The zero-order chi connectivity index (χ0) is 12.3. The molecule has 17 heavy (non-hydrogen) atoms. The molecular formula is C12H17N3OS. The van der Waals surface area contributed by atoms with Gasteiger partial charge in [-0.3, -0.25) is 0 Å². The predicted octanol–water partition coefficient (Wildman–Crippen LogP) is 2.17. The number of nitrogens with two attached hydrogens (primary N) is 1. The van der Waals surface area contributed by atoms with Gasteiger partial charge in [-0.15, -0.1) is 11.8 Å². The molecule has 0 bridgehead atoms. The van der Waals surface area contributed by atoms with Crippen molar-refractivity contribution in [3.05, 3.63) is 22.9 Å². The number of rotatable bonds is 3. The Bertz CT molecular complexity index is 446. The first kappa shape index (κ1) is 12.2. The SMILES string of the molecule is CCSc1nc2c(cc1C(N)=NO)CCCC2. The van der Waals surface area contributed by atoms with Gasteiger partial charge in [-0.25, -0.2) is 4.98 Å². The topological polar surface area (TPSA) is 71.5 Å². The fourth-order valence-corrected chi connectivity index (χ4v) is 2.87. The third-order valence-corrected chi connectivity index (χ3v) is 3.80. The van der Waals surface area contributed by atoms with E-state index < -0.39 is 0 Å². The molecule has 4 nitrogen and oxygen atoms in total. The second-order valence-electron chi connectivity index (χ2n) is 4.07. The van der Waals surface area contributed by atoms with E-state index in [1.54, 1.807) is 11.8 Å². The molecule has 0 saturated heterocycles. The quantitative estimate of drug-likeness (QED) is 0.284. The van der Waals surface area contributed by atoms with E-state index in [0.717, 1.165) is 29.2 Å². The molecule has 92 valence electrons. The molecule has 1 heterocycles. The molecule has 0 aliphatic heterocycles. The minimum Gasteiger partial charge on any atom is -0.409 e. The smallest absolute Gasteiger partial charge is 0.172 e. The molecule has 0 fully saturated rings. The molecule has 1 aromatic heterocycles. The van der Waals surface area contributed by atoms with Gasteiger partial charge in [0.1, 0.15) is 5.03 Å². The summed E-state index contributed by atoms with van der Waals surface area (Å²) in [7, 11) is 0. The van der Waals surface area contributed by atoms with Crippen LogP contribution in [0, 0.1) is 0 Å². The first-order valence-electron chi connectivity index (χ1n) is 5.89. The Hall–Kier alpha value is -1.23. The Morgan fingerprint density at radius 2 is 2.29 bits per heavy atom. The molecule has 0 aromatic carbocycles. The van der Waals surface area contributed by atoms with E-state index in [0.29, 0.717) is 0 Å². The van der Waals surface area contributed by atoms with Crippen molar-refractivity contribution in [3.63, 3.8) is 0 Å². The highest BCUT2D eigenvalue weighted by atomic mass is 32.2. The number of hydrogen-bond acceptors (Lipinski definition) is 4. The van der Waals surface area contributed by atoms with Crippen molar-refractivity contribution < 1.29 is 5.21 Å². The van der Waals surface area contributed by atoms with Crippen LogP contribution in [0.25, 0.3) is 0 Å². The fourth-order valence-electron chi connectivity index (χ4n) is 2.10. The molecule has 2 rings (SSSR count). The molecule has 0 spiro atoms. The summed E-state index contributed by atoms with van der Waals surface area (Å²) < 4.78 is 0. The fraction of sp³-hybridized carbons (Fsp3) is 0.500. The van der Waals surface area contributed by atoms with Crippen molar-refractivity contribution in [1.29, 1.82) is 0 Å². The number of hydrogen-bond donors (Lipinski definition) is 2. The highest BCUT2D eigenvalue weighted by Crippen LogP contribution is 2.27. The second kappa shape index (κ2) is 5.40. The van der Waals surface area contributed by atoms with E-state index in [-0.39, 0.29) is 5.84 Å². The van der Waals surface area contributed by atoms with Gasteiger partial charge in [0.05, 0.1) is 5.56 Å². The first-order valence-corrected chi connectivity index (χ1v) is 6.88. The summed E-state index contributed by atoms with van der Waals surface area (Å²) >= 11 is 1.64. The van der Waals surface area contributed by atoms with Crippen LogP contribution in [0.2, 0.25) is 0 Å². The maximum absolute atomic E-state index is 8.81. The van der Waals surface area contributed by atoms with Gasteiger partial charge in [-0.05, 0) is 43.1 Å². The summed E-state index contributed by atoms with van der Waals surface area (Å²) in [6.07, 6.45) is 4.50. The van der Waals surface area contributed by atoms with Crippen LogP contribution < -0.4 is 5.73 Å². The highest BCUT2D eigenvalue weighted by molar-refractivity contribution is 7.99. The Kier molecular flexibility index (Phi) is 3.89. The van der Waals surface area contributed by atoms with E-state index in [4.69, 9.17) is 10.9 Å². The zero-order valence-corrected chi connectivity index (χ0v) is 10.8. The molecule has 1 aliphatic carbocycles. The molecule has 0 atom stereocenters. The summed E-state index contributed by atoms with van der Waals surface area (Å²) in [6, 6.07) is 2.04. The minimum absolute atomic E-state index is 0.154. The van der Waals surface area contributed by atoms with Crippen LogP contribution in [0.3, 0.4) is 0 Å². The maximum Gasteiger partial charge on any atom is 0.172 e. The molecular weight excluding hydrogens is 234 g/mol. The van der Waals surface area contributed by atoms with Crippen LogP contribution in [0.4, 0.5) is 0 Å². The van der Waals surface area contributed by atoms with E-state index in [9.17, 15) is 0 Å². The predicted molar refractivity (Wildman–Crippen MR) is 69.8 cm³/mol. The Labute approximate surface area is 105 Å². The van der Waals surface area contributed by atoms with Gasteiger partial charge >= 0.3 is 0 Å². The summed E-state index contributed by atoms with van der Waals surface area (Å²) in [6.45, 7) is 2.07. The summed E-state index contributed by atoms with van der Waals surface area (Å²) in [5, 5.41) is 12.8. The lowest BCUT2D eigenvalue weighted by Crippen LogP contribution is -2.18. The van der Waals surface area contributed by atoms with Gasteiger partial charge in [0.2, 0.25) is 0 Å². The van der Waals surface area contributed by atoms with Crippen molar-refractivity contribution in [3.8, 4) is 0 Å². The maximum atomic E-state index is 8.81. The van der Waals surface area contributed by atoms with Crippen LogP contribution in [-0.2, 0) is 12.8 Å². The molecule has 0 amide bonds. The summed E-state index contributed by atoms with van der Waals surface area (Å²) in [5.74, 6) is 1.08. The number of aryl methyl sites for hydroxylation is 2. The van der Waals surface area contributed by atoms with Gasteiger partial charge in [0.25, 0.3) is 0 Å². The molecule has 5 heteroatoms. The third kappa shape index (κ3) is 2.54. The van der Waals surface area contributed by atoms with Crippen molar-refractivity contribution in [2.75, 3.05) is 5.75 Å². The number of thioether (sulfide) groups is 1. The number of amidine groups is 1. The number of fused-ring (bicyclic) bond motifs is 1. The van der Waals surface area contributed by atoms with Gasteiger partial charge in [0.15, 0.2) is 5.84 Å². The zero-order valence-electron chi connectivity index (χ0n) is 9.94. The Morgan fingerprint density at radius 1 is 1.53 bits per heavy atom. The Morgan fingerprint density at radius 3 is 3.00 bits per heavy atom. The van der Waals surface area contributed by atoms with Crippen molar-refractivity contribution in [1.82, 2.24) is 4.98 Å². The largest absolute Gasteiger partial charge is 0.409 e. The van der Waals surface area contributed by atoms with E-state index in [2.05, 4.69) is 17.1 Å². The Balaban J connectivity index is 2.47. The molecule has 0 unspecified atom stereocenters. The lowest BCUT2D eigenvalue weighted by molar-refractivity contribution is 0.318. The standard InChI is InChI=1S/C12H17N3OS/c1-2-17-12-9(11(13)15-16)7-8-5-3-4-6-10(8)14-12/h7,16H,2-6H2,1H3,(H2,13,15). The average Bonchev–Trinajstić information content (AvgIpc) is 2.37. The van der Waals surface area contributed by atoms with Crippen LogP contribution in [0.1, 0.15) is 36.6 Å². The lowest BCUT2D eigenvalue weighted by Gasteiger charge is -2.17. The number of pyridine rings is 1. The summed E-state index contributed by atoms with van der Waals surface area (Å²) in [4.78, 5) is 4.66. The monoisotopic (exact) mass is 251 g/mol. The number of aromatic nitrogens is 1. The number of nitrogens with zero attached hydrogens (tertiary/aromatic N) is 2. The van der Waals surface area contributed by atoms with Crippen LogP contribution in [0.5, 0.6) is 0 Å². The molecule has 0 radical (unpaired) electrons. The molecule has 0 saturated carbocycles. The van der Waals surface area contributed by atoms with Crippen LogP contribution in [-0.4, -0.2) is 21.8 Å². The number of oxime groups is 1. The molecule has 1 aliphatic rings. The molecule has 3 N–H and O–H groups in total. The minimum atomic E-state index is 0.154. The lowest BCUT2D eigenvalue weighted by atomic mass is 9.95. The average molecular weight is 251 g/mol. The summed E-state index contributed by atoms with van der Waals surface area (Å²) in [5.41, 5.74) is 8.90. The van der Waals surface area contributed by atoms with Crippen molar-refractivity contribution in [2.24, 2.45) is 10.9 Å². The van der Waals surface area contributed by atoms with Gasteiger partial charge in [0, 0.05) is 5.69 Å². The van der Waals surface area contributed by atoms with Crippen molar-refractivity contribution in [2.45, 2.75) is 37.6 Å². The van der Waals surface area contributed by atoms with Crippen LogP contribution >= 0.6 is 11.8 Å². The van der Waals surface area contributed by atoms with Gasteiger partial charge in [-0.1, -0.05) is 12.1 Å². The van der Waals surface area contributed by atoms with E-state index >= 15 is 0 Å². The van der Waals surface area contributed by atoms with E-state index in [1.807, 2.05) is 6.07 Å². The first-order chi connectivity index (χ1) is 8.26. The van der Waals surface area contributed by atoms with Gasteiger partial charge in [-0.2, -0.15) is 0 Å². The highest BCUT2D eigenvalue weighted by Gasteiger charge is 2.17. The van der Waals surface area contributed by atoms with E-state index in [1.165, 1.54) is 24.1 Å². The van der Waals surface area contributed by atoms with Crippen LogP contribution in [0.15, 0.2) is 16.2 Å². The van der Waals surface area contributed by atoms with Crippen molar-refractivity contribution >= 4 is 17.6 Å². The normalized spacial score (nSPS) is 15.7. The molecule has 1 aromatic rings.